The summed E-state index contributed by atoms with van der Waals surface area (Å²) in [5.74, 6) is 0.337. The summed E-state index contributed by atoms with van der Waals surface area (Å²) in [6, 6.07) is 3.36. The highest BCUT2D eigenvalue weighted by atomic mass is 16.5. The molecule has 0 spiro atoms. The minimum Gasteiger partial charge on any atom is -0.461 e. The van der Waals surface area contributed by atoms with E-state index in [1.54, 1.807) is 19.2 Å². The van der Waals surface area contributed by atoms with E-state index in [2.05, 4.69) is 0 Å². The van der Waals surface area contributed by atoms with Gasteiger partial charge in [0.2, 0.25) is 5.78 Å². The second-order valence-corrected chi connectivity index (χ2v) is 3.26. The molecule has 1 heterocycles. The Balaban J connectivity index is 2.56. The summed E-state index contributed by atoms with van der Waals surface area (Å²) in [6.07, 6.45) is 1.59. The maximum atomic E-state index is 11.6. The molecule has 1 unspecified atom stereocenters. The summed E-state index contributed by atoms with van der Waals surface area (Å²) >= 11 is 0. The van der Waals surface area contributed by atoms with Crippen LogP contribution in [-0.2, 0) is 4.74 Å². The van der Waals surface area contributed by atoms with Crippen molar-refractivity contribution in [3.05, 3.63) is 24.2 Å². The van der Waals surface area contributed by atoms with Crippen molar-refractivity contribution >= 4 is 5.78 Å². The Hall–Kier alpha value is -1.13. The monoisotopic (exact) mass is 197 g/mol. The van der Waals surface area contributed by atoms with E-state index in [4.69, 9.17) is 9.15 Å². The summed E-state index contributed by atoms with van der Waals surface area (Å²) in [5.41, 5.74) is 0. The van der Waals surface area contributed by atoms with Crippen LogP contribution in [0, 0.1) is 0 Å². The fourth-order valence-corrected chi connectivity index (χ4v) is 1.17. The normalized spacial score (nSPS) is 13.1. The second kappa shape index (κ2) is 4.93. The van der Waals surface area contributed by atoms with Gasteiger partial charge in [-0.1, -0.05) is 0 Å². The number of rotatable bonds is 5. The molecule has 0 aliphatic carbocycles. The highest BCUT2D eigenvalue weighted by Crippen LogP contribution is 2.09. The molecule has 4 nitrogen and oxygen atoms in total. The van der Waals surface area contributed by atoms with Gasteiger partial charge in [-0.15, -0.1) is 0 Å². The van der Waals surface area contributed by atoms with Crippen molar-refractivity contribution in [2.24, 2.45) is 0 Å². The van der Waals surface area contributed by atoms with E-state index in [0.29, 0.717) is 12.2 Å². The van der Waals surface area contributed by atoms with Crippen LogP contribution in [0.1, 0.15) is 17.0 Å². The number of nitrogens with zero attached hydrogens (tertiary/aromatic N) is 1. The van der Waals surface area contributed by atoms with Gasteiger partial charge in [0.1, 0.15) is 6.23 Å². The summed E-state index contributed by atoms with van der Waals surface area (Å²) in [6.45, 7) is 0. The molecule has 0 fully saturated rings. The molecule has 1 aromatic heterocycles. The van der Waals surface area contributed by atoms with Gasteiger partial charge >= 0.3 is 0 Å². The van der Waals surface area contributed by atoms with E-state index < -0.39 is 0 Å². The van der Waals surface area contributed by atoms with Gasteiger partial charge < -0.3 is 9.15 Å². The molecule has 14 heavy (non-hydrogen) atoms. The topological polar surface area (TPSA) is 42.7 Å². The highest BCUT2D eigenvalue weighted by molar-refractivity contribution is 5.93. The summed E-state index contributed by atoms with van der Waals surface area (Å²) < 4.78 is 10.1. The number of ether oxygens (including phenoxy) is 1. The van der Waals surface area contributed by atoms with Crippen LogP contribution < -0.4 is 0 Å². The highest BCUT2D eigenvalue weighted by Gasteiger charge is 2.17. The summed E-state index contributed by atoms with van der Waals surface area (Å²) in [5, 5.41) is 0. The molecule has 0 bridgehead atoms. The zero-order valence-electron chi connectivity index (χ0n) is 8.69. The summed E-state index contributed by atoms with van der Waals surface area (Å²) in [4.78, 5) is 13.4. The van der Waals surface area contributed by atoms with Crippen molar-refractivity contribution in [2.45, 2.75) is 12.6 Å². The van der Waals surface area contributed by atoms with Crippen LogP contribution in [-0.4, -0.2) is 38.1 Å². The van der Waals surface area contributed by atoms with Crippen LogP contribution in [0.5, 0.6) is 0 Å². The molecule has 1 rings (SSSR count). The maximum absolute atomic E-state index is 11.6. The number of methoxy groups -OCH3 is 1. The minimum absolute atomic E-state index is 0.0458. The Bertz CT molecular complexity index is 280. The molecule has 0 saturated carbocycles. The molecular formula is C10H15NO3. The molecule has 0 aliphatic heterocycles. The van der Waals surface area contributed by atoms with Crippen molar-refractivity contribution in [1.29, 1.82) is 0 Å². The van der Waals surface area contributed by atoms with Crippen LogP contribution in [0.4, 0.5) is 0 Å². The lowest BCUT2D eigenvalue weighted by Crippen LogP contribution is -2.31. The first-order valence-corrected chi connectivity index (χ1v) is 4.41. The van der Waals surface area contributed by atoms with Gasteiger partial charge in [-0.2, -0.15) is 0 Å². The lowest BCUT2D eigenvalue weighted by molar-refractivity contribution is -0.00613. The molecule has 1 atom stereocenters. The Morgan fingerprint density at radius 2 is 2.36 bits per heavy atom. The first kappa shape index (κ1) is 10.9. The average molecular weight is 197 g/mol. The zero-order valence-corrected chi connectivity index (χ0v) is 8.69. The molecular weight excluding hydrogens is 182 g/mol. The standard InChI is InChI=1S/C10H15NO3/c1-11(2)10(13-3)7-8(12)9-5-4-6-14-9/h4-6,10H,7H2,1-3H3. The summed E-state index contributed by atoms with van der Waals surface area (Å²) in [7, 11) is 5.31. The number of carbonyl (C=O) groups is 1. The van der Waals surface area contributed by atoms with Crippen molar-refractivity contribution in [1.82, 2.24) is 4.90 Å². The third-order valence-corrected chi connectivity index (χ3v) is 2.00. The van der Waals surface area contributed by atoms with Gasteiger partial charge in [-0.05, 0) is 26.2 Å². The molecule has 1 aromatic rings. The smallest absolute Gasteiger partial charge is 0.201 e. The maximum Gasteiger partial charge on any atom is 0.201 e. The lowest BCUT2D eigenvalue weighted by atomic mass is 10.2. The van der Waals surface area contributed by atoms with E-state index >= 15 is 0 Å². The molecule has 0 amide bonds. The van der Waals surface area contributed by atoms with E-state index in [9.17, 15) is 4.79 Å². The van der Waals surface area contributed by atoms with Gasteiger partial charge in [-0.3, -0.25) is 9.69 Å². The first-order chi connectivity index (χ1) is 6.65. The molecule has 0 radical (unpaired) electrons. The van der Waals surface area contributed by atoms with Crippen LogP contribution in [0.3, 0.4) is 0 Å². The number of furan rings is 1. The largest absolute Gasteiger partial charge is 0.461 e. The van der Waals surface area contributed by atoms with Crippen LogP contribution >= 0.6 is 0 Å². The van der Waals surface area contributed by atoms with Gasteiger partial charge in [0.25, 0.3) is 0 Å². The van der Waals surface area contributed by atoms with E-state index in [1.165, 1.54) is 6.26 Å². The van der Waals surface area contributed by atoms with Crippen LogP contribution in [0.15, 0.2) is 22.8 Å². The van der Waals surface area contributed by atoms with Gasteiger partial charge in [0.05, 0.1) is 12.7 Å². The van der Waals surface area contributed by atoms with Crippen LogP contribution in [0.2, 0.25) is 0 Å². The number of hydrogen-bond acceptors (Lipinski definition) is 4. The van der Waals surface area contributed by atoms with Crippen molar-refractivity contribution in [3.8, 4) is 0 Å². The molecule has 0 aromatic carbocycles. The third kappa shape index (κ3) is 2.68. The zero-order chi connectivity index (χ0) is 10.6. The second-order valence-electron chi connectivity index (χ2n) is 3.26. The van der Waals surface area contributed by atoms with Crippen molar-refractivity contribution in [3.63, 3.8) is 0 Å². The van der Waals surface area contributed by atoms with E-state index in [1.807, 2.05) is 19.0 Å². The fraction of sp³-hybridized carbons (Fsp3) is 0.500. The molecule has 4 heteroatoms. The fourth-order valence-electron chi connectivity index (χ4n) is 1.17. The predicted molar refractivity (Wildman–Crippen MR) is 52.1 cm³/mol. The van der Waals surface area contributed by atoms with Crippen LogP contribution in [0.25, 0.3) is 0 Å². The Morgan fingerprint density at radius 1 is 1.64 bits per heavy atom. The van der Waals surface area contributed by atoms with Gasteiger partial charge in [0, 0.05) is 7.11 Å². The number of ketones is 1. The molecule has 78 valence electrons. The SMILES string of the molecule is COC(CC(=O)c1ccco1)N(C)C. The van der Waals surface area contributed by atoms with E-state index in [0.717, 1.165) is 0 Å². The minimum atomic E-state index is -0.201. The van der Waals surface area contributed by atoms with Gasteiger partial charge in [0.15, 0.2) is 5.76 Å². The number of Topliss-reactive ketones (excluding diaryl/α,β-unsaturated/α-hetero) is 1. The van der Waals surface area contributed by atoms with E-state index in [-0.39, 0.29) is 12.0 Å². The Labute approximate surface area is 83.5 Å². The quantitative estimate of drug-likeness (QED) is 0.528. The predicted octanol–water partition coefficient (Wildman–Crippen LogP) is 1.39. The first-order valence-electron chi connectivity index (χ1n) is 4.41. The molecule has 0 N–H and O–H groups in total. The lowest BCUT2D eigenvalue weighted by Gasteiger charge is -2.21. The van der Waals surface area contributed by atoms with Crippen molar-refractivity contribution in [2.75, 3.05) is 21.2 Å². The number of carbonyl (C=O) groups excluding carboxylic acids is 1. The average Bonchev–Trinajstić information content (AvgIpc) is 2.65. The Morgan fingerprint density at radius 3 is 2.79 bits per heavy atom. The number of hydrogen-bond donors (Lipinski definition) is 0. The molecule has 0 aliphatic rings. The van der Waals surface area contributed by atoms with Crippen molar-refractivity contribution < 1.29 is 13.9 Å². The van der Waals surface area contributed by atoms with Gasteiger partial charge in [-0.25, -0.2) is 0 Å². The third-order valence-electron chi connectivity index (χ3n) is 2.00. The Kier molecular flexibility index (Phi) is 3.85. The molecule has 0 saturated heterocycles.